The van der Waals surface area contributed by atoms with Crippen LogP contribution in [0.1, 0.15) is 46.0 Å². The molecule has 3 nitrogen and oxygen atoms in total. The minimum atomic E-state index is 0.0104. The van der Waals surface area contributed by atoms with E-state index in [9.17, 15) is 4.79 Å². The molecule has 0 spiro atoms. The predicted molar refractivity (Wildman–Crippen MR) is 84.7 cm³/mol. The van der Waals surface area contributed by atoms with Crippen LogP contribution in [0.2, 0.25) is 0 Å². The summed E-state index contributed by atoms with van der Waals surface area (Å²) in [5.41, 5.74) is 0. The molecule has 0 bridgehead atoms. The van der Waals surface area contributed by atoms with Crippen molar-refractivity contribution in [3.05, 3.63) is 0 Å². The van der Waals surface area contributed by atoms with Gasteiger partial charge < -0.3 is 9.80 Å². The third-order valence-corrected chi connectivity index (χ3v) is 5.05. The van der Waals surface area contributed by atoms with Crippen molar-refractivity contribution in [1.29, 1.82) is 0 Å². The summed E-state index contributed by atoms with van der Waals surface area (Å²) in [5, 5.41) is 0. The second-order valence-electron chi connectivity index (χ2n) is 5.76. The number of hydrogen-bond acceptors (Lipinski definition) is 2. The molecule has 0 aromatic carbocycles. The summed E-state index contributed by atoms with van der Waals surface area (Å²) in [6.45, 7) is 8.55. The minimum absolute atomic E-state index is 0.0104. The zero-order chi connectivity index (χ0) is 14.3. The van der Waals surface area contributed by atoms with Crippen molar-refractivity contribution in [2.24, 2.45) is 5.92 Å². The van der Waals surface area contributed by atoms with Crippen molar-refractivity contribution < 1.29 is 4.79 Å². The van der Waals surface area contributed by atoms with Gasteiger partial charge in [-0.15, -0.1) is 0 Å². The largest absolute Gasteiger partial charge is 0.342 e. The van der Waals surface area contributed by atoms with E-state index in [0.29, 0.717) is 0 Å². The molecule has 1 amide bonds. The molecule has 112 valence electrons. The average Bonchev–Trinajstić information content (AvgIpc) is 2.44. The van der Waals surface area contributed by atoms with Gasteiger partial charge in [0.1, 0.15) is 0 Å². The van der Waals surface area contributed by atoms with Crippen LogP contribution in [0, 0.1) is 5.92 Å². The highest BCUT2D eigenvalue weighted by molar-refractivity contribution is 9.10. The van der Waals surface area contributed by atoms with Crippen molar-refractivity contribution in [3.63, 3.8) is 0 Å². The molecule has 1 rings (SSSR count). The van der Waals surface area contributed by atoms with E-state index in [0.717, 1.165) is 38.3 Å². The molecule has 1 unspecified atom stereocenters. The van der Waals surface area contributed by atoms with Gasteiger partial charge >= 0.3 is 0 Å². The lowest BCUT2D eigenvalue weighted by Crippen LogP contribution is -2.43. The Morgan fingerprint density at radius 3 is 2.53 bits per heavy atom. The maximum absolute atomic E-state index is 12.1. The van der Waals surface area contributed by atoms with E-state index in [1.54, 1.807) is 0 Å². The van der Waals surface area contributed by atoms with E-state index >= 15 is 0 Å². The van der Waals surface area contributed by atoms with Crippen molar-refractivity contribution in [2.45, 2.75) is 50.8 Å². The van der Waals surface area contributed by atoms with Gasteiger partial charge in [-0.3, -0.25) is 4.79 Å². The van der Waals surface area contributed by atoms with E-state index in [4.69, 9.17) is 0 Å². The number of carbonyl (C=O) groups excluding carboxylic acids is 1. The smallest absolute Gasteiger partial charge is 0.236 e. The molecule has 0 radical (unpaired) electrons. The normalized spacial score (nSPS) is 18.9. The zero-order valence-corrected chi connectivity index (χ0v) is 14.3. The minimum Gasteiger partial charge on any atom is -0.342 e. The van der Waals surface area contributed by atoms with Gasteiger partial charge in [0.05, 0.1) is 4.83 Å². The number of alkyl halides is 1. The van der Waals surface area contributed by atoms with Crippen LogP contribution in [-0.2, 0) is 4.79 Å². The first-order valence-electron chi connectivity index (χ1n) is 7.69. The molecular formula is C15H29BrN2O. The highest BCUT2D eigenvalue weighted by atomic mass is 79.9. The van der Waals surface area contributed by atoms with E-state index in [1.165, 1.54) is 25.9 Å². The summed E-state index contributed by atoms with van der Waals surface area (Å²) in [7, 11) is 2.22. The van der Waals surface area contributed by atoms with Crippen molar-refractivity contribution in [1.82, 2.24) is 9.80 Å². The molecule has 0 aliphatic carbocycles. The first-order valence-corrected chi connectivity index (χ1v) is 8.61. The number of piperidine rings is 1. The maximum atomic E-state index is 12.1. The number of halogens is 1. The Bertz CT molecular complexity index is 265. The van der Waals surface area contributed by atoms with Crippen LogP contribution in [-0.4, -0.2) is 53.8 Å². The molecule has 1 saturated heterocycles. The quantitative estimate of drug-likeness (QED) is 0.668. The molecule has 19 heavy (non-hydrogen) atoms. The Labute approximate surface area is 126 Å². The number of unbranched alkanes of at least 4 members (excludes halogenated alkanes) is 1. The van der Waals surface area contributed by atoms with Crippen molar-refractivity contribution in [3.8, 4) is 0 Å². The summed E-state index contributed by atoms with van der Waals surface area (Å²) in [6, 6.07) is 0. The maximum Gasteiger partial charge on any atom is 0.236 e. The van der Waals surface area contributed by atoms with Crippen LogP contribution in [0.25, 0.3) is 0 Å². The number of hydrogen-bond donors (Lipinski definition) is 0. The van der Waals surface area contributed by atoms with Crippen molar-refractivity contribution in [2.75, 3.05) is 33.2 Å². The SMILES string of the molecule is CCCCN(C)CC1CCN(C(=O)C(Br)CC)CC1. The van der Waals surface area contributed by atoms with Crippen LogP contribution < -0.4 is 0 Å². The molecule has 1 fully saturated rings. The fraction of sp³-hybridized carbons (Fsp3) is 0.933. The number of likely N-dealkylation sites (tertiary alicyclic amines) is 1. The molecule has 1 aliphatic rings. The van der Waals surface area contributed by atoms with Gasteiger partial charge in [0.15, 0.2) is 0 Å². The summed E-state index contributed by atoms with van der Waals surface area (Å²) in [5.74, 6) is 1.04. The fourth-order valence-corrected chi connectivity index (χ4v) is 2.96. The molecule has 4 heteroatoms. The standard InChI is InChI=1S/C15H29BrN2O/c1-4-6-9-17(3)12-13-7-10-18(11-8-13)15(19)14(16)5-2/h13-14H,4-12H2,1-3H3. The molecule has 1 atom stereocenters. The van der Waals surface area contributed by atoms with Gasteiger partial charge in [0, 0.05) is 19.6 Å². The van der Waals surface area contributed by atoms with Gasteiger partial charge in [-0.2, -0.15) is 0 Å². The van der Waals surface area contributed by atoms with E-state index < -0.39 is 0 Å². The lowest BCUT2D eigenvalue weighted by Gasteiger charge is -2.34. The molecule has 1 aliphatic heterocycles. The van der Waals surface area contributed by atoms with Crippen LogP contribution in [0.15, 0.2) is 0 Å². The Kier molecular flexibility index (Phi) is 8.00. The third-order valence-electron chi connectivity index (χ3n) is 4.02. The van der Waals surface area contributed by atoms with Crippen LogP contribution in [0.5, 0.6) is 0 Å². The lowest BCUT2D eigenvalue weighted by atomic mass is 9.96. The molecule has 0 saturated carbocycles. The first-order chi connectivity index (χ1) is 9.08. The van der Waals surface area contributed by atoms with Crippen molar-refractivity contribution >= 4 is 21.8 Å². The average molecular weight is 333 g/mol. The predicted octanol–water partition coefficient (Wildman–Crippen LogP) is 3.13. The molecule has 1 heterocycles. The molecule has 0 N–H and O–H groups in total. The molecule has 0 aromatic heterocycles. The second-order valence-corrected chi connectivity index (χ2v) is 6.87. The van der Waals surface area contributed by atoms with E-state index in [2.05, 4.69) is 34.8 Å². The number of carbonyl (C=O) groups is 1. The lowest BCUT2D eigenvalue weighted by molar-refractivity contribution is -0.131. The first kappa shape index (κ1) is 17.0. The molecule has 0 aromatic rings. The van der Waals surface area contributed by atoms with E-state index in [1.807, 2.05) is 11.8 Å². The Morgan fingerprint density at radius 2 is 2.00 bits per heavy atom. The van der Waals surface area contributed by atoms with Gasteiger partial charge in [-0.25, -0.2) is 0 Å². The Balaban J connectivity index is 2.27. The van der Waals surface area contributed by atoms with Gasteiger partial charge in [-0.05, 0) is 45.2 Å². The van der Waals surface area contributed by atoms with Crippen LogP contribution in [0.4, 0.5) is 0 Å². The van der Waals surface area contributed by atoms with Crippen LogP contribution in [0.3, 0.4) is 0 Å². The van der Waals surface area contributed by atoms with Crippen LogP contribution >= 0.6 is 15.9 Å². The summed E-state index contributed by atoms with van der Waals surface area (Å²) in [6.07, 6.45) is 5.74. The Morgan fingerprint density at radius 1 is 1.37 bits per heavy atom. The van der Waals surface area contributed by atoms with Gasteiger partial charge in [0.2, 0.25) is 5.91 Å². The fourth-order valence-electron chi connectivity index (χ4n) is 2.67. The molecular weight excluding hydrogens is 304 g/mol. The van der Waals surface area contributed by atoms with Gasteiger partial charge in [-0.1, -0.05) is 36.2 Å². The summed E-state index contributed by atoms with van der Waals surface area (Å²) < 4.78 is 0. The Hall–Kier alpha value is -0.0900. The second kappa shape index (κ2) is 8.96. The number of rotatable bonds is 7. The summed E-state index contributed by atoms with van der Waals surface area (Å²) >= 11 is 3.46. The topological polar surface area (TPSA) is 23.6 Å². The third kappa shape index (κ3) is 5.82. The summed E-state index contributed by atoms with van der Waals surface area (Å²) in [4.78, 5) is 16.6. The number of amides is 1. The highest BCUT2D eigenvalue weighted by Gasteiger charge is 2.26. The monoisotopic (exact) mass is 332 g/mol. The number of nitrogens with zero attached hydrogens (tertiary/aromatic N) is 2. The highest BCUT2D eigenvalue weighted by Crippen LogP contribution is 2.20. The van der Waals surface area contributed by atoms with Gasteiger partial charge in [0.25, 0.3) is 0 Å². The zero-order valence-electron chi connectivity index (χ0n) is 12.7. The van der Waals surface area contributed by atoms with E-state index in [-0.39, 0.29) is 10.7 Å².